The van der Waals surface area contributed by atoms with Gasteiger partial charge >= 0.3 is 0 Å². The molecule has 0 nitrogen and oxygen atoms in total. The van der Waals surface area contributed by atoms with Gasteiger partial charge in [0.15, 0.2) is 0 Å². The molecule has 0 unspecified atom stereocenters. The summed E-state index contributed by atoms with van der Waals surface area (Å²) in [5.74, 6) is 1.25. The maximum atomic E-state index is 3.27. The molecule has 0 aromatic heterocycles. The molecule has 0 bridgehead atoms. The van der Waals surface area contributed by atoms with E-state index in [0.29, 0.717) is 11.8 Å². The highest BCUT2D eigenvalue weighted by atomic mass is 14.0. The van der Waals surface area contributed by atoms with Gasteiger partial charge in [-0.2, -0.15) is 0 Å². The van der Waals surface area contributed by atoms with Crippen LogP contribution in [0.4, 0.5) is 0 Å². The lowest BCUT2D eigenvalue weighted by molar-refractivity contribution is 0.767. The fourth-order valence-electron chi connectivity index (χ4n) is 0.465. The topological polar surface area (TPSA) is 0 Å². The number of allylic oxidation sites excluding steroid dienone is 1. The van der Waals surface area contributed by atoms with Crippen LogP contribution in [0.3, 0.4) is 0 Å². The predicted octanol–water partition coefficient (Wildman–Crippen LogP) is 3.40. The molecule has 0 fully saturated rings. The Kier molecular flexibility index (Phi) is 4.14. The highest BCUT2D eigenvalue weighted by Crippen LogP contribution is 2.06. The molecule has 0 rings (SSSR count). The quantitative estimate of drug-likeness (QED) is 0.513. The third-order valence-electron chi connectivity index (χ3n) is 1.51. The van der Waals surface area contributed by atoms with Gasteiger partial charge in [0.25, 0.3) is 0 Å². The van der Waals surface area contributed by atoms with Gasteiger partial charge in [-0.25, -0.2) is 0 Å². The van der Waals surface area contributed by atoms with Crippen molar-refractivity contribution in [1.82, 2.24) is 0 Å². The first-order valence-electron chi connectivity index (χ1n) is 3.97. The summed E-state index contributed by atoms with van der Waals surface area (Å²) in [7, 11) is 0. The van der Waals surface area contributed by atoms with Crippen LogP contribution in [0.15, 0.2) is 17.4 Å². The van der Waals surface area contributed by atoms with Crippen LogP contribution in [0, 0.1) is 11.8 Å². The molecule has 0 aliphatic heterocycles. The minimum Gasteiger partial charge on any atom is -0.126 e. The van der Waals surface area contributed by atoms with Gasteiger partial charge < -0.3 is 0 Å². The zero-order chi connectivity index (χ0) is 8.15. The second-order valence-electron chi connectivity index (χ2n) is 3.39. The molecule has 0 saturated carbocycles. The molecular weight excluding hydrogens is 120 g/mol. The maximum absolute atomic E-state index is 3.27. The van der Waals surface area contributed by atoms with Crippen LogP contribution in [0.1, 0.15) is 34.6 Å². The number of hydrogen-bond acceptors (Lipinski definition) is 0. The highest BCUT2D eigenvalue weighted by molar-refractivity contribution is 5.01. The lowest BCUT2D eigenvalue weighted by Gasteiger charge is -1.99. The van der Waals surface area contributed by atoms with E-state index in [1.165, 1.54) is 5.57 Å². The second kappa shape index (κ2) is 4.35. The molecule has 0 spiro atoms. The Labute approximate surface area is 64.6 Å². The standard InChI is InChI=1S/C10H18/c1-8(2)6-7-10(5)9(3)4/h6,8-9H,1-5H3. The zero-order valence-electron chi connectivity index (χ0n) is 7.73. The summed E-state index contributed by atoms with van der Waals surface area (Å²) >= 11 is 0. The largest absolute Gasteiger partial charge is 0.126 e. The summed E-state index contributed by atoms with van der Waals surface area (Å²) in [6.45, 7) is 10.8. The monoisotopic (exact) mass is 138 g/mol. The normalized spacial score (nSPS) is 9.90. The van der Waals surface area contributed by atoms with Crippen molar-refractivity contribution in [3.8, 4) is 0 Å². The van der Waals surface area contributed by atoms with Crippen LogP contribution in [0.5, 0.6) is 0 Å². The van der Waals surface area contributed by atoms with E-state index in [0.717, 1.165) is 0 Å². The third-order valence-corrected chi connectivity index (χ3v) is 1.51. The summed E-state index contributed by atoms with van der Waals surface area (Å²) in [6.07, 6.45) is 2.12. The van der Waals surface area contributed by atoms with E-state index in [4.69, 9.17) is 0 Å². The van der Waals surface area contributed by atoms with E-state index in [-0.39, 0.29) is 0 Å². The number of rotatable bonds is 2. The zero-order valence-corrected chi connectivity index (χ0v) is 7.73. The van der Waals surface area contributed by atoms with Gasteiger partial charge in [-0.15, -0.1) is 5.73 Å². The fourth-order valence-corrected chi connectivity index (χ4v) is 0.465. The first kappa shape index (κ1) is 9.52. The Bertz CT molecular complexity index is 143. The molecular formula is C10H18. The Morgan fingerprint density at radius 3 is 2.00 bits per heavy atom. The van der Waals surface area contributed by atoms with Gasteiger partial charge in [-0.3, -0.25) is 0 Å². The van der Waals surface area contributed by atoms with E-state index in [1.807, 2.05) is 0 Å². The fraction of sp³-hybridized carbons (Fsp3) is 0.700. The second-order valence-corrected chi connectivity index (χ2v) is 3.39. The Morgan fingerprint density at radius 1 is 1.20 bits per heavy atom. The summed E-state index contributed by atoms with van der Waals surface area (Å²) in [4.78, 5) is 0. The van der Waals surface area contributed by atoms with E-state index in [9.17, 15) is 0 Å². The predicted molar refractivity (Wildman–Crippen MR) is 46.9 cm³/mol. The Hall–Kier alpha value is -0.480. The summed E-state index contributed by atoms with van der Waals surface area (Å²) in [5, 5.41) is 0. The lowest BCUT2D eigenvalue weighted by Crippen LogP contribution is -1.86. The molecule has 10 heavy (non-hydrogen) atoms. The first-order valence-corrected chi connectivity index (χ1v) is 3.97. The van der Waals surface area contributed by atoms with Crippen LogP contribution >= 0.6 is 0 Å². The molecule has 0 saturated heterocycles. The first-order chi connectivity index (χ1) is 4.54. The Balaban J connectivity index is 4.14. The van der Waals surface area contributed by atoms with E-state index >= 15 is 0 Å². The molecule has 0 aromatic carbocycles. The van der Waals surface area contributed by atoms with E-state index in [2.05, 4.69) is 46.4 Å². The average Bonchev–Trinajstić information content (AvgIpc) is 1.82. The van der Waals surface area contributed by atoms with Crippen molar-refractivity contribution >= 4 is 0 Å². The van der Waals surface area contributed by atoms with Crippen molar-refractivity contribution in [2.75, 3.05) is 0 Å². The van der Waals surface area contributed by atoms with Crippen LogP contribution in [0.25, 0.3) is 0 Å². The molecule has 0 radical (unpaired) electrons. The minimum atomic E-state index is 0.619. The molecule has 0 aliphatic carbocycles. The van der Waals surface area contributed by atoms with Crippen molar-refractivity contribution in [3.63, 3.8) is 0 Å². The van der Waals surface area contributed by atoms with E-state index in [1.54, 1.807) is 0 Å². The van der Waals surface area contributed by atoms with Gasteiger partial charge in [0.05, 0.1) is 0 Å². The van der Waals surface area contributed by atoms with Crippen molar-refractivity contribution in [3.05, 3.63) is 17.4 Å². The molecule has 0 heteroatoms. The van der Waals surface area contributed by atoms with Crippen molar-refractivity contribution in [2.45, 2.75) is 34.6 Å². The molecule has 0 aliphatic rings. The number of hydrogen-bond donors (Lipinski definition) is 0. The van der Waals surface area contributed by atoms with Crippen LogP contribution in [-0.4, -0.2) is 0 Å². The third kappa shape index (κ3) is 4.40. The lowest BCUT2D eigenvalue weighted by atomic mass is 10.1. The van der Waals surface area contributed by atoms with Gasteiger partial charge in [-0.05, 0) is 30.4 Å². The average molecular weight is 138 g/mol. The van der Waals surface area contributed by atoms with Crippen molar-refractivity contribution < 1.29 is 0 Å². The van der Waals surface area contributed by atoms with Gasteiger partial charge in [0.1, 0.15) is 0 Å². The van der Waals surface area contributed by atoms with Gasteiger partial charge in [0, 0.05) is 0 Å². The van der Waals surface area contributed by atoms with Crippen LogP contribution in [0.2, 0.25) is 0 Å². The van der Waals surface area contributed by atoms with Gasteiger partial charge in [-0.1, -0.05) is 27.7 Å². The minimum absolute atomic E-state index is 0.619. The van der Waals surface area contributed by atoms with Crippen molar-refractivity contribution in [2.24, 2.45) is 11.8 Å². The molecule has 0 N–H and O–H groups in total. The summed E-state index contributed by atoms with van der Waals surface area (Å²) in [6, 6.07) is 0. The van der Waals surface area contributed by atoms with Crippen LogP contribution < -0.4 is 0 Å². The molecule has 0 amide bonds. The molecule has 0 aromatic rings. The summed E-state index contributed by atoms with van der Waals surface area (Å²) < 4.78 is 0. The van der Waals surface area contributed by atoms with Crippen LogP contribution in [-0.2, 0) is 0 Å². The molecule has 58 valence electrons. The molecule has 0 atom stereocenters. The highest BCUT2D eigenvalue weighted by Gasteiger charge is 1.92. The maximum Gasteiger partial charge on any atom is -0.0187 e. The smallest absolute Gasteiger partial charge is 0.0187 e. The van der Waals surface area contributed by atoms with Gasteiger partial charge in [0.2, 0.25) is 0 Å². The molecule has 0 heterocycles. The Morgan fingerprint density at radius 2 is 1.70 bits per heavy atom. The summed E-state index contributed by atoms with van der Waals surface area (Å²) in [5.41, 5.74) is 4.61. The van der Waals surface area contributed by atoms with E-state index < -0.39 is 0 Å². The SMILES string of the molecule is CC(=C=CC(C)C)C(C)C. The van der Waals surface area contributed by atoms with Crippen molar-refractivity contribution in [1.29, 1.82) is 0 Å².